The minimum atomic E-state index is -4.55. The van der Waals surface area contributed by atoms with Crippen LogP contribution in [0.5, 0.6) is 0 Å². The Labute approximate surface area is 115 Å². The summed E-state index contributed by atoms with van der Waals surface area (Å²) in [7, 11) is -3.88. The molecule has 0 amide bonds. The van der Waals surface area contributed by atoms with Crippen molar-refractivity contribution in [1.82, 2.24) is 9.62 Å². The molecule has 1 heterocycles. The summed E-state index contributed by atoms with van der Waals surface area (Å²) >= 11 is 0. The highest BCUT2D eigenvalue weighted by atomic mass is 32.2. The minimum absolute atomic E-state index is 0.262. The van der Waals surface area contributed by atoms with E-state index in [9.17, 15) is 21.6 Å². The van der Waals surface area contributed by atoms with Crippen LogP contribution in [0, 0.1) is 6.92 Å². The highest BCUT2D eigenvalue weighted by Crippen LogP contribution is 2.32. The highest BCUT2D eigenvalue weighted by molar-refractivity contribution is 7.89. The molecule has 0 radical (unpaired) electrons. The van der Waals surface area contributed by atoms with Crippen LogP contribution in [-0.2, 0) is 16.2 Å². The quantitative estimate of drug-likeness (QED) is 0.903. The predicted molar refractivity (Wildman–Crippen MR) is 67.8 cm³/mol. The van der Waals surface area contributed by atoms with E-state index in [-0.39, 0.29) is 18.0 Å². The van der Waals surface area contributed by atoms with Crippen LogP contribution in [0.4, 0.5) is 13.2 Å². The zero-order chi connectivity index (χ0) is 15.0. The van der Waals surface area contributed by atoms with Crippen molar-refractivity contribution >= 4 is 10.0 Å². The normalized spacial score (nSPS) is 18.2. The molecule has 1 aromatic carbocycles. The second-order valence-corrected chi connectivity index (χ2v) is 6.54. The van der Waals surface area contributed by atoms with E-state index in [0.29, 0.717) is 24.7 Å². The van der Waals surface area contributed by atoms with E-state index in [0.717, 1.165) is 6.07 Å². The molecule has 0 spiro atoms. The molecule has 0 unspecified atom stereocenters. The number of hydrogen-bond donors (Lipinski definition) is 1. The molecule has 0 saturated carbocycles. The summed E-state index contributed by atoms with van der Waals surface area (Å²) in [6.07, 6.45) is -4.55. The Morgan fingerprint density at radius 1 is 1.20 bits per heavy atom. The Hall–Kier alpha value is -1.12. The van der Waals surface area contributed by atoms with Crippen molar-refractivity contribution in [3.05, 3.63) is 29.3 Å². The van der Waals surface area contributed by atoms with Crippen LogP contribution in [0.2, 0.25) is 0 Å². The SMILES string of the molecule is Cc1ccc(C(F)(F)F)cc1S(=O)(=O)N1CCNCC1. The van der Waals surface area contributed by atoms with E-state index < -0.39 is 21.8 Å². The molecule has 0 bridgehead atoms. The molecule has 1 saturated heterocycles. The van der Waals surface area contributed by atoms with Crippen LogP contribution in [0.1, 0.15) is 11.1 Å². The van der Waals surface area contributed by atoms with Gasteiger partial charge in [-0.05, 0) is 24.6 Å². The standard InChI is InChI=1S/C12H15F3N2O2S/c1-9-2-3-10(12(13,14)15)8-11(9)20(18,19)17-6-4-16-5-7-17/h2-3,8,16H,4-7H2,1H3. The summed E-state index contributed by atoms with van der Waals surface area (Å²) in [5, 5.41) is 3.00. The molecule has 112 valence electrons. The molecule has 8 heteroatoms. The van der Waals surface area contributed by atoms with Gasteiger partial charge in [-0.15, -0.1) is 0 Å². The number of rotatable bonds is 2. The summed E-state index contributed by atoms with van der Waals surface area (Å²) in [5.41, 5.74) is -0.631. The predicted octanol–water partition coefficient (Wildman–Crippen LogP) is 1.61. The Kier molecular flexibility index (Phi) is 4.08. The van der Waals surface area contributed by atoms with Crippen LogP contribution in [0.25, 0.3) is 0 Å². The third-order valence-corrected chi connectivity index (χ3v) is 5.25. The average molecular weight is 308 g/mol. The van der Waals surface area contributed by atoms with Crippen LogP contribution in [0.15, 0.2) is 23.1 Å². The van der Waals surface area contributed by atoms with Crippen molar-refractivity contribution in [3.63, 3.8) is 0 Å². The zero-order valence-corrected chi connectivity index (χ0v) is 11.7. The van der Waals surface area contributed by atoms with E-state index in [1.807, 2.05) is 0 Å². The van der Waals surface area contributed by atoms with Crippen molar-refractivity contribution < 1.29 is 21.6 Å². The first-order valence-corrected chi connectivity index (χ1v) is 7.55. The molecular weight excluding hydrogens is 293 g/mol. The number of aryl methyl sites for hydroxylation is 1. The third-order valence-electron chi connectivity index (χ3n) is 3.21. The molecule has 2 rings (SSSR count). The number of nitrogens with zero attached hydrogens (tertiary/aromatic N) is 1. The molecule has 4 nitrogen and oxygen atoms in total. The molecule has 1 aliphatic rings. The number of sulfonamides is 1. The molecule has 0 aromatic heterocycles. The lowest BCUT2D eigenvalue weighted by molar-refractivity contribution is -0.137. The highest BCUT2D eigenvalue weighted by Gasteiger charge is 2.34. The summed E-state index contributed by atoms with van der Waals surface area (Å²) in [6, 6.07) is 2.80. The largest absolute Gasteiger partial charge is 0.416 e. The number of halogens is 3. The maximum atomic E-state index is 12.7. The van der Waals surface area contributed by atoms with Gasteiger partial charge in [0.1, 0.15) is 0 Å². The Morgan fingerprint density at radius 3 is 2.35 bits per heavy atom. The van der Waals surface area contributed by atoms with Gasteiger partial charge in [0.15, 0.2) is 0 Å². The van der Waals surface area contributed by atoms with Gasteiger partial charge in [0.2, 0.25) is 10.0 Å². The second kappa shape index (κ2) is 5.34. The van der Waals surface area contributed by atoms with Gasteiger partial charge in [0, 0.05) is 26.2 Å². The lowest BCUT2D eigenvalue weighted by Crippen LogP contribution is -2.46. The number of nitrogens with one attached hydrogen (secondary N) is 1. The molecule has 0 atom stereocenters. The average Bonchev–Trinajstić information content (AvgIpc) is 2.38. The van der Waals surface area contributed by atoms with Crippen molar-refractivity contribution in [2.75, 3.05) is 26.2 Å². The molecule has 1 aliphatic heterocycles. The van der Waals surface area contributed by atoms with Gasteiger partial charge in [-0.2, -0.15) is 17.5 Å². The van der Waals surface area contributed by atoms with Crippen molar-refractivity contribution in [2.24, 2.45) is 0 Å². The first-order valence-electron chi connectivity index (χ1n) is 6.11. The zero-order valence-electron chi connectivity index (χ0n) is 10.9. The first kappa shape index (κ1) is 15.3. The van der Waals surface area contributed by atoms with Gasteiger partial charge in [0.05, 0.1) is 10.5 Å². The topological polar surface area (TPSA) is 49.4 Å². The molecule has 1 N–H and O–H groups in total. The van der Waals surface area contributed by atoms with Crippen LogP contribution in [-0.4, -0.2) is 38.9 Å². The van der Waals surface area contributed by atoms with Crippen LogP contribution in [0.3, 0.4) is 0 Å². The Morgan fingerprint density at radius 2 is 1.80 bits per heavy atom. The van der Waals surface area contributed by atoms with Gasteiger partial charge in [-0.1, -0.05) is 6.07 Å². The van der Waals surface area contributed by atoms with E-state index in [1.165, 1.54) is 17.3 Å². The third kappa shape index (κ3) is 2.97. The Balaban J connectivity index is 2.45. The number of piperazine rings is 1. The summed E-state index contributed by atoms with van der Waals surface area (Å²) < 4.78 is 64.2. The summed E-state index contributed by atoms with van der Waals surface area (Å²) in [6.45, 7) is 3.01. The van der Waals surface area contributed by atoms with Gasteiger partial charge >= 0.3 is 6.18 Å². The van der Waals surface area contributed by atoms with Gasteiger partial charge in [0.25, 0.3) is 0 Å². The molecule has 1 fully saturated rings. The lowest BCUT2D eigenvalue weighted by atomic mass is 10.1. The van der Waals surface area contributed by atoms with Gasteiger partial charge < -0.3 is 5.32 Å². The minimum Gasteiger partial charge on any atom is -0.314 e. The fraction of sp³-hybridized carbons (Fsp3) is 0.500. The lowest BCUT2D eigenvalue weighted by Gasteiger charge is -2.27. The van der Waals surface area contributed by atoms with E-state index >= 15 is 0 Å². The Bertz CT molecular complexity index is 593. The molecule has 20 heavy (non-hydrogen) atoms. The number of benzene rings is 1. The van der Waals surface area contributed by atoms with Gasteiger partial charge in [-0.25, -0.2) is 8.42 Å². The van der Waals surface area contributed by atoms with E-state index in [4.69, 9.17) is 0 Å². The second-order valence-electron chi connectivity index (χ2n) is 4.63. The monoisotopic (exact) mass is 308 g/mol. The van der Waals surface area contributed by atoms with Gasteiger partial charge in [-0.3, -0.25) is 0 Å². The molecular formula is C12H15F3N2O2S. The van der Waals surface area contributed by atoms with Crippen LogP contribution >= 0.6 is 0 Å². The number of hydrogen-bond acceptors (Lipinski definition) is 3. The fourth-order valence-corrected chi connectivity index (χ4v) is 3.77. The summed E-state index contributed by atoms with van der Waals surface area (Å²) in [5.74, 6) is 0. The van der Waals surface area contributed by atoms with E-state index in [2.05, 4.69) is 5.32 Å². The fourth-order valence-electron chi connectivity index (χ4n) is 2.08. The molecule has 1 aromatic rings. The maximum absolute atomic E-state index is 12.7. The van der Waals surface area contributed by atoms with Crippen molar-refractivity contribution in [2.45, 2.75) is 18.0 Å². The van der Waals surface area contributed by atoms with Crippen molar-refractivity contribution in [3.8, 4) is 0 Å². The summed E-state index contributed by atoms with van der Waals surface area (Å²) in [4.78, 5) is -0.269. The smallest absolute Gasteiger partial charge is 0.314 e. The first-order chi connectivity index (χ1) is 9.23. The molecule has 0 aliphatic carbocycles. The van der Waals surface area contributed by atoms with Crippen LogP contribution < -0.4 is 5.32 Å². The maximum Gasteiger partial charge on any atom is 0.416 e. The van der Waals surface area contributed by atoms with E-state index in [1.54, 1.807) is 0 Å². The van der Waals surface area contributed by atoms with Crippen molar-refractivity contribution in [1.29, 1.82) is 0 Å². The number of alkyl halides is 3.